The Balaban J connectivity index is 1.32. The lowest BCUT2D eigenvalue weighted by Gasteiger charge is -2.35. The number of nitrogens with zero attached hydrogens (tertiary/aromatic N) is 2. The van der Waals surface area contributed by atoms with Gasteiger partial charge in [0.05, 0.1) is 12.7 Å². The number of amides is 1. The SMILES string of the molecule is O=C(Cn1ccc(=O)[nH]c1=O)N[C@@H]1C[C@H]2CO[C@H](C3CC3)CN2C1. The van der Waals surface area contributed by atoms with E-state index in [4.69, 9.17) is 4.74 Å². The first-order chi connectivity index (χ1) is 11.6. The molecule has 3 heterocycles. The number of morpholine rings is 1. The van der Waals surface area contributed by atoms with Crippen molar-refractivity contribution >= 4 is 5.91 Å². The van der Waals surface area contributed by atoms with Gasteiger partial charge in [-0.1, -0.05) is 0 Å². The second-order valence-electron chi connectivity index (χ2n) is 7.06. The zero-order valence-electron chi connectivity index (χ0n) is 13.4. The Morgan fingerprint density at radius 1 is 1.33 bits per heavy atom. The van der Waals surface area contributed by atoms with Crippen LogP contribution in [0.1, 0.15) is 19.3 Å². The molecule has 0 radical (unpaired) electrons. The molecule has 2 N–H and O–H groups in total. The van der Waals surface area contributed by atoms with Crippen molar-refractivity contribution in [2.75, 3.05) is 19.7 Å². The minimum atomic E-state index is -0.567. The molecule has 1 aromatic rings. The summed E-state index contributed by atoms with van der Waals surface area (Å²) in [5, 5.41) is 3.00. The van der Waals surface area contributed by atoms with E-state index in [0.29, 0.717) is 12.1 Å². The Morgan fingerprint density at radius 2 is 2.17 bits per heavy atom. The molecule has 1 amide bonds. The van der Waals surface area contributed by atoms with Crippen LogP contribution in [-0.2, 0) is 16.1 Å². The van der Waals surface area contributed by atoms with Crippen LogP contribution in [0.5, 0.6) is 0 Å². The van der Waals surface area contributed by atoms with Crippen molar-refractivity contribution in [1.82, 2.24) is 19.8 Å². The molecule has 1 aromatic heterocycles. The van der Waals surface area contributed by atoms with E-state index >= 15 is 0 Å². The van der Waals surface area contributed by atoms with Gasteiger partial charge in [0.2, 0.25) is 5.91 Å². The van der Waals surface area contributed by atoms with Gasteiger partial charge < -0.3 is 10.1 Å². The Morgan fingerprint density at radius 3 is 2.92 bits per heavy atom. The van der Waals surface area contributed by atoms with Crippen molar-refractivity contribution < 1.29 is 9.53 Å². The second-order valence-corrected chi connectivity index (χ2v) is 7.06. The number of rotatable bonds is 4. The van der Waals surface area contributed by atoms with Gasteiger partial charge in [-0.05, 0) is 25.2 Å². The average molecular weight is 334 g/mol. The van der Waals surface area contributed by atoms with Crippen LogP contribution in [-0.4, -0.2) is 58.2 Å². The number of carbonyl (C=O) groups is 1. The summed E-state index contributed by atoms with van der Waals surface area (Å²) < 4.78 is 7.16. The standard InChI is InChI=1S/C16H22N4O4/c21-14-3-4-19(16(23)18-14)8-15(22)17-11-5-12-9-24-13(10-1-2-10)7-20(12)6-11/h3-4,10-13H,1-2,5-9H2,(H,17,22)(H,18,21,23)/t11-,12+,13+/m1/s1. The van der Waals surface area contributed by atoms with E-state index in [1.807, 2.05) is 0 Å². The molecule has 1 saturated carbocycles. The molecule has 0 spiro atoms. The van der Waals surface area contributed by atoms with Crippen molar-refractivity contribution in [2.24, 2.45) is 5.92 Å². The zero-order valence-corrected chi connectivity index (χ0v) is 13.4. The van der Waals surface area contributed by atoms with E-state index in [2.05, 4.69) is 15.2 Å². The molecule has 4 rings (SSSR count). The fourth-order valence-electron chi connectivity index (χ4n) is 3.75. The number of nitrogens with one attached hydrogen (secondary N) is 2. The highest BCUT2D eigenvalue weighted by Gasteiger charge is 2.42. The molecular weight excluding hydrogens is 312 g/mol. The van der Waals surface area contributed by atoms with Crippen LogP contribution in [0.15, 0.2) is 21.9 Å². The number of ether oxygens (including phenoxy) is 1. The maximum Gasteiger partial charge on any atom is 0.328 e. The van der Waals surface area contributed by atoms with Crippen molar-refractivity contribution in [3.63, 3.8) is 0 Å². The number of aromatic nitrogens is 2. The Hall–Kier alpha value is -1.93. The third-order valence-electron chi connectivity index (χ3n) is 5.17. The summed E-state index contributed by atoms with van der Waals surface area (Å²) in [6, 6.07) is 1.70. The summed E-state index contributed by atoms with van der Waals surface area (Å²) in [4.78, 5) is 39.4. The highest BCUT2D eigenvalue weighted by atomic mass is 16.5. The Kier molecular flexibility index (Phi) is 4.01. The number of carbonyl (C=O) groups excluding carboxylic acids is 1. The predicted molar refractivity (Wildman–Crippen MR) is 85.7 cm³/mol. The Labute approximate surface area is 138 Å². The molecule has 8 nitrogen and oxygen atoms in total. The van der Waals surface area contributed by atoms with Crippen LogP contribution < -0.4 is 16.6 Å². The van der Waals surface area contributed by atoms with Crippen LogP contribution in [0.25, 0.3) is 0 Å². The first-order valence-corrected chi connectivity index (χ1v) is 8.53. The molecule has 24 heavy (non-hydrogen) atoms. The molecule has 1 aliphatic carbocycles. The minimum Gasteiger partial charge on any atom is -0.375 e. The number of H-pyrrole nitrogens is 1. The third-order valence-corrected chi connectivity index (χ3v) is 5.17. The maximum absolute atomic E-state index is 12.2. The van der Waals surface area contributed by atoms with Gasteiger partial charge in [0, 0.05) is 37.4 Å². The molecule has 130 valence electrons. The van der Waals surface area contributed by atoms with Gasteiger partial charge in [0.15, 0.2) is 0 Å². The predicted octanol–water partition coefficient (Wildman–Crippen LogP) is -1.10. The van der Waals surface area contributed by atoms with Crippen LogP contribution >= 0.6 is 0 Å². The van der Waals surface area contributed by atoms with Crippen LogP contribution in [0.3, 0.4) is 0 Å². The largest absolute Gasteiger partial charge is 0.375 e. The molecular formula is C16H22N4O4. The van der Waals surface area contributed by atoms with Gasteiger partial charge in [0.1, 0.15) is 6.54 Å². The molecule has 3 aliphatic rings. The first kappa shape index (κ1) is 15.6. The summed E-state index contributed by atoms with van der Waals surface area (Å²) in [6.45, 7) is 2.45. The molecule has 0 bridgehead atoms. The van der Waals surface area contributed by atoms with Gasteiger partial charge in [-0.3, -0.25) is 24.0 Å². The fraction of sp³-hybridized carbons (Fsp3) is 0.688. The molecule has 2 aliphatic heterocycles. The maximum atomic E-state index is 12.2. The monoisotopic (exact) mass is 334 g/mol. The number of hydrogen-bond acceptors (Lipinski definition) is 5. The van der Waals surface area contributed by atoms with Crippen molar-refractivity contribution in [3.8, 4) is 0 Å². The molecule has 0 unspecified atom stereocenters. The minimum absolute atomic E-state index is 0.0853. The van der Waals surface area contributed by atoms with Crippen LogP contribution in [0.2, 0.25) is 0 Å². The molecule has 3 atom stereocenters. The average Bonchev–Trinajstić information content (AvgIpc) is 3.30. The normalized spacial score (nSPS) is 30.1. The van der Waals surface area contributed by atoms with Crippen molar-refractivity contribution in [2.45, 2.75) is 44.0 Å². The van der Waals surface area contributed by atoms with Gasteiger partial charge in [0.25, 0.3) is 5.56 Å². The quantitative estimate of drug-likeness (QED) is 0.729. The van der Waals surface area contributed by atoms with E-state index in [9.17, 15) is 14.4 Å². The highest BCUT2D eigenvalue weighted by Crippen LogP contribution is 2.37. The van der Waals surface area contributed by atoms with E-state index in [1.165, 1.54) is 29.7 Å². The molecule has 0 aromatic carbocycles. The van der Waals surface area contributed by atoms with Gasteiger partial charge in [-0.2, -0.15) is 0 Å². The molecule has 3 fully saturated rings. The smallest absolute Gasteiger partial charge is 0.328 e. The van der Waals surface area contributed by atoms with E-state index < -0.39 is 11.2 Å². The molecule has 8 heteroatoms. The zero-order chi connectivity index (χ0) is 16.7. The van der Waals surface area contributed by atoms with Crippen molar-refractivity contribution in [1.29, 1.82) is 0 Å². The summed E-state index contributed by atoms with van der Waals surface area (Å²) in [7, 11) is 0. The number of hydrogen-bond donors (Lipinski definition) is 2. The van der Waals surface area contributed by atoms with Crippen LogP contribution in [0, 0.1) is 5.92 Å². The summed E-state index contributed by atoms with van der Waals surface area (Å²) in [6.07, 6.45) is 5.13. The second kappa shape index (κ2) is 6.18. The lowest BCUT2D eigenvalue weighted by atomic mass is 10.1. The summed E-state index contributed by atoms with van der Waals surface area (Å²) in [5.74, 6) is 0.514. The topological polar surface area (TPSA) is 96.4 Å². The lowest BCUT2D eigenvalue weighted by molar-refractivity contribution is -0.122. The molecule has 2 saturated heterocycles. The highest BCUT2D eigenvalue weighted by molar-refractivity contribution is 5.76. The van der Waals surface area contributed by atoms with Gasteiger partial charge >= 0.3 is 5.69 Å². The Bertz CT molecular complexity index is 738. The fourth-order valence-corrected chi connectivity index (χ4v) is 3.75. The van der Waals surface area contributed by atoms with Gasteiger partial charge in [-0.25, -0.2) is 4.79 Å². The number of aromatic amines is 1. The van der Waals surface area contributed by atoms with E-state index in [-0.39, 0.29) is 18.5 Å². The lowest BCUT2D eigenvalue weighted by Crippen LogP contribution is -2.47. The summed E-state index contributed by atoms with van der Waals surface area (Å²) in [5.41, 5.74) is -1.03. The third kappa shape index (κ3) is 3.29. The van der Waals surface area contributed by atoms with E-state index in [0.717, 1.165) is 32.0 Å². The summed E-state index contributed by atoms with van der Waals surface area (Å²) >= 11 is 0. The van der Waals surface area contributed by atoms with Crippen molar-refractivity contribution in [3.05, 3.63) is 33.1 Å². The van der Waals surface area contributed by atoms with Crippen LogP contribution in [0.4, 0.5) is 0 Å². The van der Waals surface area contributed by atoms with Gasteiger partial charge in [-0.15, -0.1) is 0 Å². The number of fused-ring (bicyclic) bond motifs is 1. The van der Waals surface area contributed by atoms with E-state index in [1.54, 1.807) is 0 Å². The first-order valence-electron chi connectivity index (χ1n) is 8.53.